The van der Waals surface area contributed by atoms with E-state index >= 15 is 0 Å². The van der Waals surface area contributed by atoms with Crippen LogP contribution in [0.15, 0.2) is 18.2 Å². The number of anilines is 1. The topological polar surface area (TPSA) is 73.0 Å². The molecule has 8 heteroatoms. The maximum absolute atomic E-state index is 13.2. The second-order valence-electron chi connectivity index (χ2n) is 9.31. The Morgan fingerprint density at radius 3 is 2.36 bits per heavy atom. The molecule has 0 atom stereocenters. The molecule has 1 saturated heterocycles. The lowest BCUT2D eigenvalue weighted by molar-refractivity contribution is -0.163. The Bertz CT molecular complexity index is 853. The van der Waals surface area contributed by atoms with Crippen molar-refractivity contribution in [2.45, 2.75) is 89.8 Å². The number of hydrogen-bond donors (Lipinski definition) is 1. The van der Waals surface area contributed by atoms with E-state index in [1.807, 2.05) is 19.2 Å². The van der Waals surface area contributed by atoms with Gasteiger partial charge in [0, 0.05) is 48.3 Å². The van der Waals surface area contributed by atoms with Crippen molar-refractivity contribution in [1.82, 2.24) is 15.3 Å². The van der Waals surface area contributed by atoms with Crippen LogP contribution in [0, 0.1) is 0 Å². The first-order valence-corrected chi connectivity index (χ1v) is 12.3. The van der Waals surface area contributed by atoms with E-state index in [1.165, 1.54) is 17.9 Å². The van der Waals surface area contributed by atoms with Crippen molar-refractivity contribution in [1.29, 1.82) is 0 Å². The summed E-state index contributed by atoms with van der Waals surface area (Å²) in [6.45, 7) is 3.47. The van der Waals surface area contributed by atoms with Crippen molar-refractivity contribution in [2.24, 2.45) is 0 Å². The number of nitrogens with zero attached hydrogens (tertiary/aromatic N) is 3. The molecule has 33 heavy (non-hydrogen) atoms. The van der Waals surface area contributed by atoms with Crippen LogP contribution in [0.4, 0.5) is 5.69 Å². The number of carbonyl (C=O) groups excluding carboxylic acids is 3. The molecule has 2 heterocycles. The fourth-order valence-corrected chi connectivity index (χ4v) is 5.45. The van der Waals surface area contributed by atoms with Gasteiger partial charge in [0.2, 0.25) is 11.8 Å². The summed E-state index contributed by atoms with van der Waals surface area (Å²) in [6.07, 6.45) is 9.22. The summed E-state index contributed by atoms with van der Waals surface area (Å²) >= 11 is 0. The average molecular weight is 477 g/mol. The van der Waals surface area contributed by atoms with Gasteiger partial charge in [-0.05, 0) is 57.7 Å². The van der Waals surface area contributed by atoms with Crippen molar-refractivity contribution >= 4 is 35.8 Å². The number of halogens is 1. The second kappa shape index (κ2) is 11.3. The zero-order valence-corrected chi connectivity index (χ0v) is 20.7. The quantitative estimate of drug-likeness (QED) is 0.452. The third-order valence-corrected chi connectivity index (χ3v) is 7.28. The van der Waals surface area contributed by atoms with Gasteiger partial charge in [0.1, 0.15) is 0 Å². The zero-order valence-electron chi connectivity index (χ0n) is 19.8. The monoisotopic (exact) mass is 476 g/mol. The summed E-state index contributed by atoms with van der Waals surface area (Å²) in [5, 5.41) is 5.90. The highest BCUT2D eigenvalue weighted by atomic mass is 35.5. The number of fused-ring (bicyclic) bond motifs is 1. The van der Waals surface area contributed by atoms with E-state index in [2.05, 4.69) is 23.2 Å². The van der Waals surface area contributed by atoms with Crippen LogP contribution in [0.2, 0.25) is 0 Å². The number of carbonyl (C=O) groups is 3. The van der Waals surface area contributed by atoms with Gasteiger partial charge in [-0.2, -0.15) is 5.01 Å². The predicted molar refractivity (Wildman–Crippen MR) is 131 cm³/mol. The molecule has 3 aliphatic rings. The van der Waals surface area contributed by atoms with Gasteiger partial charge in [-0.25, -0.2) is 5.01 Å². The van der Waals surface area contributed by atoms with Crippen LogP contribution >= 0.6 is 12.4 Å². The van der Waals surface area contributed by atoms with Crippen LogP contribution in [0.5, 0.6) is 0 Å². The van der Waals surface area contributed by atoms with E-state index < -0.39 is 0 Å². The molecular formula is C25H37ClN4O3. The number of imide groups is 1. The largest absolute Gasteiger partial charge is 0.368 e. The van der Waals surface area contributed by atoms with E-state index in [0.717, 1.165) is 54.9 Å². The van der Waals surface area contributed by atoms with Crippen molar-refractivity contribution in [3.63, 3.8) is 0 Å². The van der Waals surface area contributed by atoms with Crippen molar-refractivity contribution < 1.29 is 14.4 Å². The number of unbranched alkanes of at least 4 members (excludes halogenated alkanes) is 2. The standard InChI is InChI=1S/C25H36N4O3.ClH/c1-3-4-5-16-27(19-14-12-18(26-2)13-15-19)22-9-6-8-20-21(22)17-28(25(20)32)29-23(30)10-7-11-24(29)31;/h6,8-9,18-19,26H,3-5,7,10-17H2,1-2H3;1H. The van der Waals surface area contributed by atoms with Crippen LogP contribution in [0.25, 0.3) is 0 Å². The highest BCUT2D eigenvalue weighted by molar-refractivity contribution is 6.05. The number of rotatable bonds is 8. The molecule has 0 unspecified atom stereocenters. The van der Waals surface area contributed by atoms with Crippen LogP contribution < -0.4 is 10.2 Å². The van der Waals surface area contributed by atoms with Crippen LogP contribution in [0.3, 0.4) is 0 Å². The molecule has 1 aliphatic carbocycles. The predicted octanol–water partition coefficient (Wildman–Crippen LogP) is 4.05. The van der Waals surface area contributed by atoms with Gasteiger partial charge in [-0.1, -0.05) is 25.8 Å². The molecule has 1 N–H and O–H groups in total. The lowest BCUT2D eigenvalue weighted by atomic mass is 9.89. The molecule has 0 radical (unpaired) electrons. The molecule has 3 amide bonds. The lowest BCUT2D eigenvalue weighted by Gasteiger charge is -2.39. The van der Waals surface area contributed by atoms with Crippen LogP contribution in [-0.2, 0) is 16.1 Å². The lowest BCUT2D eigenvalue weighted by Crippen LogP contribution is -2.52. The average Bonchev–Trinajstić information content (AvgIpc) is 3.13. The molecule has 0 spiro atoms. The Labute approximate surface area is 203 Å². The fourth-order valence-electron chi connectivity index (χ4n) is 5.45. The molecule has 2 aliphatic heterocycles. The first-order chi connectivity index (χ1) is 15.5. The summed E-state index contributed by atoms with van der Waals surface area (Å²) in [7, 11) is 2.04. The maximum Gasteiger partial charge on any atom is 0.273 e. The van der Waals surface area contributed by atoms with Crippen molar-refractivity contribution in [3.05, 3.63) is 29.3 Å². The van der Waals surface area contributed by atoms with E-state index in [1.54, 1.807) is 0 Å². The normalized spacial score (nSPS) is 22.9. The smallest absolute Gasteiger partial charge is 0.273 e. The van der Waals surface area contributed by atoms with E-state index in [0.29, 0.717) is 36.9 Å². The highest BCUT2D eigenvalue weighted by Crippen LogP contribution is 2.37. The molecule has 4 rings (SSSR count). The number of piperidine rings is 1. The fraction of sp³-hybridized carbons (Fsp3) is 0.640. The molecule has 0 aromatic heterocycles. The number of hydrazine groups is 1. The number of amides is 3. The Morgan fingerprint density at radius 1 is 1.03 bits per heavy atom. The minimum atomic E-state index is -0.269. The highest BCUT2D eigenvalue weighted by Gasteiger charge is 2.41. The molecule has 7 nitrogen and oxygen atoms in total. The number of hydrogen-bond acceptors (Lipinski definition) is 5. The van der Waals surface area contributed by atoms with Crippen molar-refractivity contribution in [2.75, 3.05) is 18.5 Å². The SMILES string of the molecule is CCCCCN(c1cccc2c1CN(N1C(=O)CCCC1=O)C2=O)C1CCC(NC)CC1.Cl. The van der Waals surface area contributed by atoms with E-state index in [-0.39, 0.29) is 36.7 Å². The Kier molecular flexibility index (Phi) is 8.76. The summed E-state index contributed by atoms with van der Waals surface area (Å²) in [5.41, 5.74) is 2.67. The second-order valence-corrected chi connectivity index (χ2v) is 9.31. The Balaban J connectivity index is 0.00000306. The summed E-state index contributed by atoms with van der Waals surface area (Å²) in [6, 6.07) is 6.93. The van der Waals surface area contributed by atoms with Gasteiger partial charge in [-0.15, -0.1) is 12.4 Å². The van der Waals surface area contributed by atoms with Gasteiger partial charge < -0.3 is 10.2 Å². The number of nitrogens with one attached hydrogen (secondary N) is 1. The molecule has 2 fully saturated rings. The molecule has 0 bridgehead atoms. The van der Waals surface area contributed by atoms with Gasteiger partial charge >= 0.3 is 0 Å². The summed E-state index contributed by atoms with van der Waals surface area (Å²) in [5.74, 6) is -0.777. The first kappa shape index (κ1) is 25.5. The van der Waals surface area contributed by atoms with Gasteiger partial charge in [0.25, 0.3) is 5.91 Å². The van der Waals surface area contributed by atoms with Crippen LogP contribution in [-0.4, -0.2) is 53.4 Å². The third-order valence-electron chi connectivity index (χ3n) is 7.28. The minimum Gasteiger partial charge on any atom is -0.368 e. The van der Waals surface area contributed by atoms with Crippen molar-refractivity contribution in [3.8, 4) is 0 Å². The van der Waals surface area contributed by atoms with Crippen LogP contribution in [0.1, 0.15) is 87.1 Å². The van der Waals surface area contributed by atoms with Gasteiger partial charge in [0.05, 0.1) is 6.54 Å². The maximum atomic E-state index is 13.2. The molecule has 1 aromatic carbocycles. The molecule has 182 valence electrons. The number of benzene rings is 1. The Hall–Kier alpha value is -2.12. The van der Waals surface area contributed by atoms with E-state index in [4.69, 9.17) is 0 Å². The molecular weight excluding hydrogens is 440 g/mol. The summed E-state index contributed by atoms with van der Waals surface area (Å²) in [4.78, 5) is 40.7. The Morgan fingerprint density at radius 2 is 1.73 bits per heavy atom. The van der Waals surface area contributed by atoms with E-state index in [9.17, 15) is 14.4 Å². The van der Waals surface area contributed by atoms with Gasteiger partial charge in [-0.3, -0.25) is 14.4 Å². The van der Waals surface area contributed by atoms with Gasteiger partial charge in [0.15, 0.2) is 0 Å². The third kappa shape index (κ3) is 5.19. The first-order valence-electron chi connectivity index (χ1n) is 12.3. The zero-order chi connectivity index (χ0) is 22.7. The molecule has 1 aromatic rings. The minimum absolute atomic E-state index is 0. The molecule has 1 saturated carbocycles. The summed E-state index contributed by atoms with van der Waals surface area (Å²) < 4.78 is 0.